The average Bonchev–Trinajstić information content (AvgIpc) is 3.06. The van der Waals surface area contributed by atoms with Gasteiger partial charge in [0.2, 0.25) is 5.89 Å². The van der Waals surface area contributed by atoms with Gasteiger partial charge in [0.05, 0.1) is 11.5 Å². The molecule has 2 heterocycles. The first-order valence-corrected chi connectivity index (χ1v) is 7.49. The Balaban J connectivity index is 2.02. The molecule has 1 atom stereocenters. The van der Waals surface area contributed by atoms with E-state index in [1.807, 2.05) is 25.1 Å². The van der Waals surface area contributed by atoms with Crippen LogP contribution in [0.3, 0.4) is 0 Å². The predicted molar refractivity (Wildman–Crippen MR) is 78.8 cm³/mol. The molecule has 1 aromatic carbocycles. The Labute approximate surface area is 124 Å². The van der Waals surface area contributed by atoms with Gasteiger partial charge in [-0.15, -0.1) is 0 Å². The van der Waals surface area contributed by atoms with E-state index in [2.05, 4.69) is 22.3 Å². The number of hydrogen-bond donors (Lipinski definition) is 1. The van der Waals surface area contributed by atoms with E-state index in [9.17, 15) is 0 Å². The lowest BCUT2D eigenvalue weighted by Crippen LogP contribution is -2.36. The average molecular weight is 287 g/mol. The lowest BCUT2D eigenvalue weighted by Gasteiger charge is -2.34. The van der Waals surface area contributed by atoms with Gasteiger partial charge in [0, 0.05) is 13.2 Å². The molecule has 1 aliphatic heterocycles. The third kappa shape index (κ3) is 2.59. The molecule has 5 nitrogen and oxygen atoms in total. The van der Waals surface area contributed by atoms with Crippen molar-refractivity contribution in [2.24, 2.45) is 5.73 Å². The van der Waals surface area contributed by atoms with Gasteiger partial charge in [0.25, 0.3) is 0 Å². The van der Waals surface area contributed by atoms with Gasteiger partial charge in [0.1, 0.15) is 0 Å². The summed E-state index contributed by atoms with van der Waals surface area (Å²) in [6.07, 6.45) is 2.50. The Morgan fingerprint density at radius 1 is 1.24 bits per heavy atom. The van der Waals surface area contributed by atoms with Crippen LogP contribution in [-0.2, 0) is 10.2 Å². The van der Waals surface area contributed by atoms with E-state index in [1.165, 1.54) is 5.56 Å². The van der Waals surface area contributed by atoms with Gasteiger partial charge in [0.15, 0.2) is 5.82 Å². The zero-order chi connectivity index (χ0) is 14.7. The highest BCUT2D eigenvalue weighted by molar-refractivity contribution is 5.33. The minimum Gasteiger partial charge on any atom is -0.381 e. The van der Waals surface area contributed by atoms with Crippen molar-refractivity contribution in [1.82, 2.24) is 10.1 Å². The van der Waals surface area contributed by atoms with Gasteiger partial charge in [-0.3, -0.25) is 0 Å². The van der Waals surface area contributed by atoms with Crippen LogP contribution in [0.2, 0.25) is 0 Å². The molecule has 1 fully saturated rings. The summed E-state index contributed by atoms with van der Waals surface area (Å²) in [6.45, 7) is 3.42. The maximum atomic E-state index is 6.00. The van der Waals surface area contributed by atoms with Crippen molar-refractivity contribution >= 4 is 0 Å². The highest BCUT2D eigenvalue weighted by atomic mass is 16.5. The van der Waals surface area contributed by atoms with Gasteiger partial charge in [-0.25, -0.2) is 0 Å². The molecule has 0 unspecified atom stereocenters. The molecule has 0 aliphatic carbocycles. The number of nitrogens with zero attached hydrogens (tertiary/aromatic N) is 2. The Morgan fingerprint density at radius 2 is 1.95 bits per heavy atom. The van der Waals surface area contributed by atoms with E-state index in [0.717, 1.165) is 25.1 Å². The summed E-state index contributed by atoms with van der Waals surface area (Å²) in [5.74, 6) is 1.25. The van der Waals surface area contributed by atoms with E-state index >= 15 is 0 Å². The molecule has 0 bridgehead atoms. The summed E-state index contributed by atoms with van der Waals surface area (Å²) in [7, 11) is 0. The molecule has 1 aliphatic rings. The van der Waals surface area contributed by atoms with E-state index in [0.29, 0.717) is 19.1 Å². The summed E-state index contributed by atoms with van der Waals surface area (Å²) in [5, 5.41) is 4.24. The zero-order valence-corrected chi connectivity index (χ0v) is 12.3. The maximum absolute atomic E-state index is 6.00. The summed E-state index contributed by atoms with van der Waals surface area (Å²) >= 11 is 0. The standard InChI is InChI=1S/C16H21N3O2/c1-2-13(17)14-18-15(19-21-14)16(8-10-20-11-9-16)12-6-4-3-5-7-12/h3-7,13H,2,8-11,17H2,1H3/t13-/m0/s1. The molecule has 112 valence electrons. The third-order valence-corrected chi connectivity index (χ3v) is 4.30. The topological polar surface area (TPSA) is 74.2 Å². The molecular weight excluding hydrogens is 266 g/mol. The first-order chi connectivity index (χ1) is 10.3. The van der Waals surface area contributed by atoms with Crippen molar-refractivity contribution in [2.75, 3.05) is 13.2 Å². The number of aromatic nitrogens is 2. The van der Waals surface area contributed by atoms with E-state index < -0.39 is 0 Å². The van der Waals surface area contributed by atoms with Crippen LogP contribution in [0, 0.1) is 0 Å². The molecule has 2 N–H and O–H groups in total. The number of nitrogens with two attached hydrogens (primary N) is 1. The van der Waals surface area contributed by atoms with Crippen LogP contribution >= 0.6 is 0 Å². The second-order valence-electron chi connectivity index (χ2n) is 5.53. The minimum absolute atomic E-state index is 0.195. The van der Waals surface area contributed by atoms with Crippen molar-refractivity contribution in [1.29, 1.82) is 0 Å². The Morgan fingerprint density at radius 3 is 2.62 bits per heavy atom. The van der Waals surface area contributed by atoms with Crippen molar-refractivity contribution in [3.05, 3.63) is 47.6 Å². The van der Waals surface area contributed by atoms with Crippen molar-refractivity contribution in [2.45, 2.75) is 37.6 Å². The highest BCUT2D eigenvalue weighted by Gasteiger charge is 2.40. The molecule has 1 saturated heterocycles. The van der Waals surface area contributed by atoms with Crippen molar-refractivity contribution < 1.29 is 9.26 Å². The second-order valence-corrected chi connectivity index (χ2v) is 5.53. The van der Waals surface area contributed by atoms with Crippen LogP contribution < -0.4 is 5.73 Å². The van der Waals surface area contributed by atoms with Crippen LogP contribution in [0.1, 0.15) is 49.5 Å². The van der Waals surface area contributed by atoms with E-state index in [-0.39, 0.29) is 11.5 Å². The summed E-state index contributed by atoms with van der Waals surface area (Å²) in [4.78, 5) is 4.59. The number of ether oxygens (including phenoxy) is 1. The molecular formula is C16H21N3O2. The quantitative estimate of drug-likeness (QED) is 0.935. The smallest absolute Gasteiger partial charge is 0.243 e. The molecule has 0 amide bonds. The normalized spacial score (nSPS) is 19.3. The fourth-order valence-corrected chi connectivity index (χ4v) is 2.87. The second kappa shape index (κ2) is 5.95. The number of benzene rings is 1. The van der Waals surface area contributed by atoms with Gasteiger partial charge < -0.3 is 15.0 Å². The lowest BCUT2D eigenvalue weighted by molar-refractivity contribution is 0.0597. The van der Waals surface area contributed by atoms with Crippen LogP contribution in [0.5, 0.6) is 0 Å². The van der Waals surface area contributed by atoms with Gasteiger partial charge in [-0.05, 0) is 24.8 Å². The third-order valence-electron chi connectivity index (χ3n) is 4.30. The van der Waals surface area contributed by atoms with Crippen LogP contribution in [-0.4, -0.2) is 23.4 Å². The molecule has 0 spiro atoms. The largest absolute Gasteiger partial charge is 0.381 e. The molecule has 0 radical (unpaired) electrons. The van der Waals surface area contributed by atoms with Crippen molar-refractivity contribution in [3.63, 3.8) is 0 Å². The SMILES string of the molecule is CC[C@H](N)c1nc(C2(c3ccccc3)CCOCC2)no1. The van der Waals surface area contributed by atoms with Crippen LogP contribution in [0.25, 0.3) is 0 Å². The van der Waals surface area contributed by atoms with Crippen LogP contribution in [0.4, 0.5) is 0 Å². The summed E-state index contributed by atoms with van der Waals surface area (Å²) in [6, 6.07) is 10.2. The molecule has 21 heavy (non-hydrogen) atoms. The fourth-order valence-electron chi connectivity index (χ4n) is 2.87. The molecule has 0 saturated carbocycles. The fraction of sp³-hybridized carbons (Fsp3) is 0.500. The molecule has 1 aromatic heterocycles. The van der Waals surface area contributed by atoms with E-state index in [1.54, 1.807) is 0 Å². The number of hydrogen-bond acceptors (Lipinski definition) is 5. The van der Waals surface area contributed by atoms with E-state index in [4.69, 9.17) is 15.0 Å². The highest BCUT2D eigenvalue weighted by Crippen LogP contribution is 2.39. The zero-order valence-electron chi connectivity index (χ0n) is 12.3. The van der Waals surface area contributed by atoms with Crippen LogP contribution in [0.15, 0.2) is 34.9 Å². The van der Waals surface area contributed by atoms with Crippen molar-refractivity contribution in [3.8, 4) is 0 Å². The Hall–Kier alpha value is -1.72. The summed E-state index contributed by atoms with van der Waals surface area (Å²) < 4.78 is 10.9. The Kier molecular flexibility index (Phi) is 4.03. The maximum Gasteiger partial charge on any atom is 0.243 e. The molecule has 5 heteroatoms. The monoisotopic (exact) mass is 287 g/mol. The number of rotatable bonds is 4. The van der Waals surface area contributed by atoms with Gasteiger partial charge >= 0.3 is 0 Å². The molecule has 3 rings (SSSR count). The first-order valence-electron chi connectivity index (χ1n) is 7.49. The molecule has 2 aromatic rings. The minimum atomic E-state index is -0.227. The summed E-state index contributed by atoms with van der Waals surface area (Å²) in [5.41, 5.74) is 6.98. The predicted octanol–water partition coefficient (Wildman–Crippen LogP) is 2.58. The van der Waals surface area contributed by atoms with Gasteiger partial charge in [-0.2, -0.15) is 4.98 Å². The Bertz CT molecular complexity index is 576. The lowest BCUT2D eigenvalue weighted by atomic mass is 9.73. The van der Waals surface area contributed by atoms with Gasteiger partial charge in [-0.1, -0.05) is 42.4 Å². The first kappa shape index (κ1) is 14.2.